The first-order valence-corrected chi connectivity index (χ1v) is 4.74. The van der Waals surface area contributed by atoms with Gasteiger partial charge in [-0.15, -0.1) is 11.6 Å². The first kappa shape index (κ1) is 9.81. The first-order chi connectivity index (χ1) is 5.74. The highest BCUT2D eigenvalue weighted by Gasteiger charge is 2.24. The van der Waals surface area contributed by atoms with Crippen molar-refractivity contribution in [3.8, 4) is 0 Å². The van der Waals surface area contributed by atoms with Crippen molar-refractivity contribution < 1.29 is 9.53 Å². The summed E-state index contributed by atoms with van der Waals surface area (Å²) in [5, 5.41) is 2.88. The summed E-state index contributed by atoms with van der Waals surface area (Å²) in [4.78, 5) is 11.1. The lowest BCUT2D eigenvalue weighted by Gasteiger charge is -2.15. The molecule has 4 heteroatoms. The molecular formula is C8H14ClNO2. The zero-order chi connectivity index (χ0) is 8.97. The van der Waals surface area contributed by atoms with Crippen LogP contribution in [-0.2, 0) is 9.53 Å². The Balaban J connectivity index is 2.25. The van der Waals surface area contributed by atoms with E-state index in [0.29, 0.717) is 12.3 Å². The van der Waals surface area contributed by atoms with Crippen LogP contribution >= 0.6 is 11.6 Å². The molecule has 1 heterocycles. The molecule has 0 aromatic rings. The molecule has 0 spiro atoms. The van der Waals surface area contributed by atoms with Crippen molar-refractivity contribution >= 4 is 17.5 Å². The number of carbonyl (C=O) groups is 1. The van der Waals surface area contributed by atoms with Crippen LogP contribution in [0.2, 0.25) is 0 Å². The maximum atomic E-state index is 11.1. The third-order valence-corrected chi connectivity index (χ3v) is 2.23. The van der Waals surface area contributed by atoms with Crippen molar-refractivity contribution in [2.24, 2.45) is 0 Å². The SMILES string of the molecule is CC1OCCC1NC(=O)CCCl. The van der Waals surface area contributed by atoms with Gasteiger partial charge in [0.05, 0.1) is 12.1 Å². The number of alkyl halides is 1. The van der Waals surface area contributed by atoms with Gasteiger partial charge in [0.1, 0.15) is 0 Å². The Morgan fingerprint density at radius 2 is 2.50 bits per heavy atom. The summed E-state index contributed by atoms with van der Waals surface area (Å²) in [6.07, 6.45) is 1.45. The maximum absolute atomic E-state index is 11.1. The van der Waals surface area contributed by atoms with E-state index in [-0.39, 0.29) is 18.1 Å². The number of hydrogen-bond acceptors (Lipinski definition) is 2. The van der Waals surface area contributed by atoms with Gasteiger partial charge >= 0.3 is 0 Å². The molecule has 0 aromatic carbocycles. The van der Waals surface area contributed by atoms with Gasteiger partial charge in [0.2, 0.25) is 5.91 Å². The fraction of sp³-hybridized carbons (Fsp3) is 0.875. The molecule has 1 saturated heterocycles. The lowest BCUT2D eigenvalue weighted by atomic mass is 10.1. The molecule has 12 heavy (non-hydrogen) atoms. The molecule has 1 rings (SSSR count). The fourth-order valence-electron chi connectivity index (χ4n) is 1.29. The minimum atomic E-state index is 0.0207. The van der Waals surface area contributed by atoms with Crippen LogP contribution in [0.1, 0.15) is 19.8 Å². The first-order valence-electron chi connectivity index (χ1n) is 4.21. The Hall–Kier alpha value is -0.280. The molecule has 0 saturated carbocycles. The van der Waals surface area contributed by atoms with Gasteiger partial charge in [-0.1, -0.05) is 0 Å². The number of carbonyl (C=O) groups excluding carboxylic acids is 1. The Morgan fingerprint density at radius 1 is 1.75 bits per heavy atom. The molecule has 1 aliphatic rings. The van der Waals surface area contributed by atoms with Crippen molar-refractivity contribution in [3.63, 3.8) is 0 Å². The average molecular weight is 192 g/mol. The monoisotopic (exact) mass is 191 g/mol. The largest absolute Gasteiger partial charge is 0.376 e. The maximum Gasteiger partial charge on any atom is 0.221 e. The molecule has 70 valence electrons. The van der Waals surface area contributed by atoms with Crippen LogP contribution in [0.15, 0.2) is 0 Å². The van der Waals surface area contributed by atoms with Gasteiger partial charge in [0.25, 0.3) is 0 Å². The van der Waals surface area contributed by atoms with Crippen molar-refractivity contribution in [2.45, 2.75) is 31.9 Å². The van der Waals surface area contributed by atoms with Gasteiger partial charge in [0.15, 0.2) is 0 Å². The molecule has 1 aliphatic heterocycles. The van der Waals surface area contributed by atoms with E-state index in [1.165, 1.54) is 0 Å². The van der Waals surface area contributed by atoms with Crippen molar-refractivity contribution in [2.75, 3.05) is 12.5 Å². The summed E-state index contributed by atoms with van der Waals surface area (Å²) in [6, 6.07) is 0.181. The average Bonchev–Trinajstić information content (AvgIpc) is 2.37. The molecule has 1 N–H and O–H groups in total. The highest BCUT2D eigenvalue weighted by molar-refractivity contribution is 6.18. The van der Waals surface area contributed by atoms with Crippen LogP contribution in [0.4, 0.5) is 0 Å². The van der Waals surface area contributed by atoms with Gasteiger partial charge in [-0.25, -0.2) is 0 Å². The van der Waals surface area contributed by atoms with Crippen LogP contribution in [0.5, 0.6) is 0 Å². The zero-order valence-electron chi connectivity index (χ0n) is 7.18. The summed E-state index contributed by atoms with van der Waals surface area (Å²) in [5.41, 5.74) is 0. The van der Waals surface area contributed by atoms with Gasteiger partial charge < -0.3 is 10.1 Å². The molecule has 0 radical (unpaired) electrons. The fourth-order valence-corrected chi connectivity index (χ4v) is 1.46. The van der Waals surface area contributed by atoms with E-state index in [1.807, 2.05) is 6.92 Å². The number of nitrogens with one attached hydrogen (secondary N) is 1. The van der Waals surface area contributed by atoms with Gasteiger partial charge in [0, 0.05) is 18.9 Å². The minimum Gasteiger partial charge on any atom is -0.376 e. The summed E-state index contributed by atoms with van der Waals surface area (Å²) in [5.74, 6) is 0.403. The summed E-state index contributed by atoms with van der Waals surface area (Å²) in [7, 11) is 0. The van der Waals surface area contributed by atoms with Gasteiger partial charge in [-0.3, -0.25) is 4.79 Å². The zero-order valence-corrected chi connectivity index (χ0v) is 7.93. The van der Waals surface area contributed by atoms with E-state index in [1.54, 1.807) is 0 Å². The summed E-state index contributed by atoms with van der Waals surface area (Å²) in [6.45, 7) is 2.71. The molecule has 0 aliphatic carbocycles. The van der Waals surface area contributed by atoms with Gasteiger partial charge in [-0.05, 0) is 13.3 Å². The Labute approximate surface area is 77.4 Å². The molecule has 1 fully saturated rings. The van der Waals surface area contributed by atoms with Crippen LogP contribution in [0, 0.1) is 0 Å². The lowest BCUT2D eigenvalue weighted by Crippen LogP contribution is -2.39. The summed E-state index contributed by atoms with van der Waals surface area (Å²) < 4.78 is 5.30. The number of hydrogen-bond donors (Lipinski definition) is 1. The number of ether oxygens (including phenoxy) is 1. The predicted octanol–water partition coefficient (Wildman–Crippen LogP) is 0.909. The molecule has 1 amide bonds. The molecule has 0 bridgehead atoms. The Bertz CT molecular complexity index is 163. The van der Waals surface area contributed by atoms with Crippen molar-refractivity contribution in [3.05, 3.63) is 0 Å². The van der Waals surface area contributed by atoms with E-state index in [9.17, 15) is 4.79 Å². The topological polar surface area (TPSA) is 38.3 Å². The van der Waals surface area contributed by atoms with Crippen LogP contribution in [0.25, 0.3) is 0 Å². The molecule has 0 aromatic heterocycles. The smallest absolute Gasteiger partial charge is 0.221 e. The van der Waals surface area contributed by atoms with Crippen LogP contribution in [0.3, 0.4) is 0 Å². The van der Waals surface area contributed by atoms with E-state index >= 15 is 0 Å². The normalized spacial score (nSPS) is 28.8. The lowest BCUT2D eigenvalue weighted by molar-refractivity contribution is -0.121. The Morgan fingerprint density at radius 3 is 3.00 bits per heavy atom. The standard InChI is InChI=1S/C8H14ClNO2/c1-6-7(3-5-12-6)10-8(11)2-4-9/h6-7H,2-5H2,1H3,(H,10,11). The van der Waals surface area contributed by atoms with Crippen molar-refractivity contribution in [1.29, 1.82) is 0 Å². The molecule has 2 unspecified atom stereocenters. The quantitative estimate of drug-likeness (QED) is 0.674. The second-order valence-electron chi connectivity index (χ2n) is 2.98. The highest BCUT2D eigenvalue weighted by Crippen LogP contribution is 2.12. The van der Waals surface area contributed by atoms with Crippen LogP contribution in [-0.4, -0.2) is 30.5 Å². The summed E-state index contributed by atoms with van der Waals surface area (Å²) >= 11 is 5.43. The van der Waals surface area contributed by atoms with Crippen LogP contribution < -0.4 is 5.32 Å². The molecular weight excluding hydrogens is 178 g/mol. The number of amides is 1. The van der Waals surface area contributed by atoms with E-state index in [0.717, 1.165) is 13.0 Å². The predicted molar refractivity (Wildman–Crippen MR) is 47.3 cm³/mol. The third kappa shape index (κ3) is 2.64. The number of halogens is 1. The van der Waals surface area contributed by atoms with E-state index in [4.69, 9.17) is 16.3 Å². The van der Waals surface area contributed by atoms with E-state index in [2.05, 4.69) is 5.32 Å². The second-order valence-corrected chi connectivity index (χ2v) is 3.36. The second kappa shape index (κ2) is 4.67. The highest BCUT2D eigenvalue weighted by atomic mass is 35.5. The third-order valence-electron chi connectivity index (χ3n) is 2.04. The Kier molecular flexibility index (Phi) is 3.82. The molecule has 3 nitrogen and oxygen atoms in total. The minimum absolute atomic E-state index is 0.0207. The van der Waals surface area contributed by atoms with Crippen molar-refractivity contribution in [1.82, 2.24) is 5.32 Å². The van der Waals surface area contributed by atoms with Gasteiger partial charge in [-0.2, -0.15) is 0 Å². The van der Waals surface area contributed by atoms with E-state index < -0.39 is 0 Å². The molecule has 2 atom stereocenters. The number of rotatable bonds is 3.